The Morgan fingerprint density at radius 2 is 2.20 bits per heavy atom. The monoisotopic (exact) mass is 317 g/mol. The predicted octanol–water partition coefficient (Wildman–Crippen LogP) is 2.90. The maximum absolute atomic E-state index is 12.1. The third-order valence-corrected chi connectivity index (χ3v) is 6.62. The molecule has 7 heteroatoms. The van der Waals surface area contributed by atoms with Crippen LogP contribution in [0.3, 0.4) is 0 Å². The topological polar surface area (TPSA) is 85.1 Å². The van der Waals surface area contributed by atoms with Crippen molar-refractivity contribution in [1.29, 1.82) is 0 Å². The number of nitrogens with zero attached hydrogens (tertiary/aromatic N) is 1. The third kappa shape index (κ3) is 3.25. The zero-order valence-electron chi connectivity index (χ0n) is 12.3. The molecule has 5 nitrogen and oxygen atoms in total. The van der Waals surface area contributed by atoms with E-state index in [9.17, 15) is 8.42 Å². The van der Waals surface area contributed by atoms with E-state index in [0.29, 0.717) is 16.5 Å². The van der Waals surface area contributed by atoms with Gasteiger partial charge in [0.05, 0.1) is 5.75 Å². The second-order valence-corrected chi connectivity index (χ2v) is 9.22. The van der Waals surface area contributed by atoms with Crippen molar-refractivity contribution in [3.8, 4) is 0 Å². The molecule has 0 amide bonds. The van der Waals surface area contributed by atoms with Gasteiger partial charge in [-0.25, -0.2) is 8.42 Å². The molecule has 1 fully saturated rings. The number of nitrogens with one attached hydrogen (secondary N) is 1. The molecule has 1 unspecified atom stereocenters. The molecule has 0 bridgehead atoms. The van der Waals surface area contributed by atoms with Crippen molar-refractivity contribution >= 4 is 32.2 Å². The van der Waals surface area contributed by atoms with Gasteiger partial charge >= 0.3 is 0 Å². The molecule has 1 saturated carbocycles. The summed E-state index contributed by atoms with van der Waals surface area (Å²) < 4.78 is 28.2. The quantitative estimate of drug-likeness (QED) is 0.892. The number of nitrogen functional groups attached to an aromatic ring is 1. The van der Waals surface area contributed by atoms with Crippen LogP contribution >= 0.6 is 11.5 Å². The fourth-order valence-corrected chi connectivity index (χ4v) is 5.07. The van der Waals surface area contributed by atoms with Crippen LogP contribution in [0.1, 0.15) is 46.5 Å². The van der Waals surface area contributed by atoms with Crippen LogP contribution in [0.25, 0.3) is 0 Å². The first-order valence-electron chi connectivity index (χ1n) is 6.99. The van der Waals surface area contributed by atoms with Crippen LogP contribution in [0.4, 0.5) is 10.8 Å². The van der Waals surface area contributed by atoms with E-state index in [4.69, 9.17) is 5.73 Å². The summed E-state index contributed by atoms with van der Waals surface area (Å²) >= 11 is 1.15. The van der Waals surface area contributed by atoms with E-state index in [1.165, 1.54) is 6.42 Å². The maximum atomic E-state index is 12.1. The van der Waals surface area contributed by atoms with Crippen LogP contribution in [-0.4, -0.2) is 24.6 Å². The van der Waals surface area contributed by atoms with Gasteiger partial charge in [-0.15, -0.1) is 0 Å². The van der Waals surface area contributed by atoms with Gasteiger partial charge in [-0.3, -0.25) is 0 Å². The number of nitrogens with two attached hydrogens (primary N) is 1. The van der Waals surface area contributed by atoms with Crippen molar-refractivity contribution in [3.05, 3.63) is 0 Å². The zero-order chi connectivity index (χ0) is 15.0. The first kappa shape index (κ1) is 15.6. The van der Waals surface area contributed by atoms with Gasteiger partial charge in [-0.2, -0.15) is 4.37 Å². The second kappa shape index (κ2) is 5.52. The summed E-state index contributed by atoms with van der Waals surface area (Å²) in [5.74, 6) is 0.162. The summed E-state index contributed by atoms with van der Waals surface area (Å²) in [6.45, 7) is 6.14. The summed E-state index contributed by atoms with van der Waals surface area (Å²) in [6, 6.07) is 0.296. The summed E-state index contributed by atoms with van der Waals surface area (Å²) in [7, 11) is -3.34. The minimum absolute atomic E-state index is 0.0421. The molecule has 0 spiro atoms. The highest BCUT2D eigenvalue weighted by Gasteiger charge is 2.30. The number of sulfone groups is 1. The van der Waals surface area contributed by atoms with E-state index in [0.717, 1.165) is 30.8 Å². The molecule has 1 aliphatic rings. The molecule has 3 N–H and O–H groups in total. The van der Waals surface area contributed by atoms with Crippen molar-refractivity contribution < 1.29 is 8.42 Å². The predicted molar refractivity (Wildman–Crippen MR) is 83.9 cm³/mol. The standard InChI is InChI=1S/C13H23N3O2S2/c1-4-20(17,18)10-11(14)16-19-12(10)15-9-6-5-7-13(2,3)8-9/h9,15H,4-8H2,1-3H3,(H2,14,16). The Kier molecular flexibility index (Phi) is 4.30. The van der Waals surface area contributed by atoms with Crippen molar-refractivity contribution in [1.82, 2.24) is 4.37 Å². The van der Waals surface area contributed by atoms with Gasteiger partial charge in [0.2, 0.25) is 0 Å². The van der Waals surface area contributed by atoms with Crippen LogP contribution in [0.2, 0.25) is 0 Å². The van der Waals surface area contributed by atoms with Gasteiger partial charge in [0.25, 0.3) is 0 Å². The SMILES string of the molecule is CCS(=O)(=O)c1c(N)nsc1NC1CCCC(C)(C)C1. The first-order valence-corrected chi connectivity index (χ1v) is 9.42. The van der Waals surface area contributed by atoms with Gasteiger partial charge in [-0.05, 0) is 36.2 Å². The van der Waals surface area contributed by atoms with E-state index in [-0.39, 0.29) is 16.5 Å². The summed E-state index contributed by atoms with van der Waals surface area (Å²) in [6.07, 6.45) is 4.48. The minimum Gasteiger partial charge on any atom is -0.382 e. The van der Waals surface area contributed by atoms with E-state index in [1.807, 2.05) is 0 Å². The molecule has 1 aromatic heterocycles. The lowest BCUT2D eigenvalue weighted by Gasteiger charge is -2.35. The van der Waals surface area contributed by atoms with Crippen molar-refractivity contribution in [2.24, 2.45) is 5.41 Å². The summed E-state index contributed by atoms with van der Waals surface area (Å²) in [5, 5.41) is 3.97. The molecule has 0 radical (unpaired) electrons. The van der Waals surface area contributed by atoms with Crippen molar-refractivity contribution in [2.45, 2.75) is 57.4 Å². The molecule has 0 saturated heterocycles. The Bertz CT molecular complexity index is 578. The molecule has 0 aromatic carbocycles. The number of rotatable bonds is 4. The number of hydrogen-bond donors (Lipinski definition) is 2. The van der Waals surface area contributed by atoms with E-state index in [1.54, 1.807) is 6.92 Å². The Morgan fingerprint density at radius 3 is 2.80 bits per heavy atom. The molecule has 1 aromatic rings. The van der Waals surface area contributed by atoms with E-state index >= 15 is 0 Å². The van der Waals surface area contributed by atoms with Crippen LogP contribution in [-0.2, 0) is 9.84 Å². The molecule has 2 rings (SSSR count). The van der Waals surface area contributed by atoms with Crippen molar-refractivity contribution in [3.63, 3.8) is 0 Å². The molecule has 0 aliphatic heterocycles. The smallest absolute Gasteiger partial charge is 0.184 e. The molecule has 114 valence electrons. The van der Waals surface area contributed by atoms with Gasteiger partial charge in [0, 0.05) is 6.04 Å². The van der Waals surface area contributed by atoms with Gasteiger partial charge in [0.15, 0.2) is 15.7 Å². The third-order valence-electron chi connectivity index (χ3n) is 3.91. The zero-order valence-corrected chi connectivity index (χ0v) is 13.9. The number of anilines is 2. The normalized spacial score (nSPS) is 22.6. The van der Waals surface area contributed by atoms with Crippen molar-refractivity contribution in [2.75, 3.05) is 16.8 Å². The average Bonchev–Trinajstić information content (AvgIpc) is 2.70. The first-order chi connectivity index (χ1) is 9.25. The van der Waals surface area contributed by atoms with Crippen LogP contribution in [0, 0.1) is 5.41 Å². The molecule has 1 aliphatic carbocycles. The Balaban J connectivity index is 2.23. The highest BCUT2D eigenvalue weighted by molar-refractivity contribution is 7.91. The molecule has 20 heavy (non-hydrogen) atoms. The number of aromatic nitrogens is 1. The second-order valence-electron chi connectivity index (χ2n) is 6.23. The van der Waals surface area contributed by atoms with Crippen LogP contribution < -0.4 is 11.1 Å². The Hall–Kier alpha value is -0.820. The lowest BCUT2D eigenvalue weighted by atomic mass is 9.75. The minimum atomic E-state index is -3.34. The van der Waals surface area contributed by atoms with E-state index < -0.39 is 9.84 Å². The van der Waals surface area contributed by atoms with Crippen LogP contribution in [0.15, 0.2) is 4.90 Å². The highest BCUT2D eigenvalue weighted by Crippen LogP contribution is 2.39. The Morgan fingerprint density at radius 1 is 1.50 bits per heavy atom. The van der Waals surface area contributed by atoms with Gasteiger partial charge in [0.1, 0.15) is 9.90 Å². The molecule has 1 heterocycles. The highest BCUT2D eigenvalue weighted by atomic mass is 32.2. The summed E-state index contributed by atoms with van der Waals surface area (Å²) in [4.78, 5) is 0.188. The summed E-state index contributed by atoms with van der Waals surface area (Å²) in [5.41, 5.74) is 6.04. The lowest BCUT2D eigenvalue weighted by molar-refractivity contribution is 0.229. The largest absolute Gasteiger partial charge is 0.382 e. The number of hydrogen-bond acceptors (Lipinski definition) is 6. The fraction of sp³-hybridized carbons (Fsp3) is 0.769. The molecular weight excluding hydrogens is 294 g/mol. The van der Waals surface area contributed by atoms with Gasteiger partial charge in [-0.1, -0.05) is 27.2 Å². The van der Waals surface area contributed by atoms with Gasteiger partial charge < -0.3 is 11.1 Å². The maximum Gasteiger partial charge on any atom is 0.184 e. The molecular formula is C13H23N3O2S2. The lowest BCUT2D eigenvalue weighted by Crippen LogP contribution is -2.31. The van der Waals surface area contributed by atoms with Crippen LogP contribution in [0.5, 0.6) is 0 Å². The average molecular weight is 317 g/mol. The Labute approximate surface area is 125 Å². The fourth-order valence-electron chi connectivity index (χ4n) is 2.84. The molecule has 1 atom stereocenters. The van der Waals surface area contributed by atoms with E-state index in [2.05, 4.69) is 23.5 Å².